The fraction of sp³-hybridized carbons (Fsp3) is 0. The first-order valence-electron chi connectivity index (χ1n) is 6.52. The summed E-state index contributed by atoms with van der Waals surface area (Å²) in [6.45, 7) is 0. The maximum atomic E-state index is 4.85. The summed E-state index contributed by atoms with van der Waals surface area (Å²) in [7, 11) is 0. The van der Waals surface area contributed by atoms with Gasteiger partial charge in [-0.2, -0.15) is 11.3 Å². The highest BCUT2D eigenvalue weighted by molar-refractivity contribution is 7.14. The zero-order chi connectivity index (χ0) is 14.1. The van der Waals surface area contributed by atoms with E-state index in [1.807, 2.05) is 0 Å². The van der Waals surface area contributed by atoms with Gasteiger partial charge in [-0.15, -0.1) is 22.7 Å². The maximum absolute atomic E-state index is 4.85. The Morgan fingerprint density at radius 1 is 0.714 bits per heavy atom. The standard InChI is InChI=1S/C17H11NS3/c1-3-16(20-6-1)13-9-14(12-5-8-19-11-12)18-15(10-13)17-4-2-7-21-17/h1-11H. The Morgan fingerprint density at radius 3 is 2.14 bits per heavy atom. The average molecular weight is 325 g/mol. The molecule has 0 aliphatic carbocycles. The van der Waals surface area contributed by atoms with Crippen molar-refractivity contribution >= 4 is 34.0 Å². The Balaban J connectivity index is 1.92. The zero-order valence-corrected chi connectivity index (χ0v) is 13.5. The van der Waals surface area contributed by atoms with Gasteiger partial charge in [0.05, 0.1) is 16.3 Å². The lowest BCUT2D eigenvalue weighted by atomic mass is 10.1. The molecule has 102 valence electrons. The molecule has 0 amide bonds. The Bertz CT molecular complexity index is 701. The molecule has 0 saturated carbocycles. The van der Waals surface area contributed by atoms with Gasteiger partial charge in [0.25, 0.3) is 0 Å². The lowest BCUT2D eigenvalue weighted by Gasteiger charge is -2.06. The summed E-state index contributed by atoms with van der Waals surface area (Å²) in [5, 5.41) is 8.46. The maximum Gasteiger partial charge on any atom is 0.0815 e. The fourth-order valence-corrected chi connectivity index (χ4v) is 4.27. The largest absolute Gasteiger partial charge is 0.247 e. The van der Waals surface area contributed by atoms with Crippen LogP contribution in [0.2, 0.25) is 0 Å². The number of pyridine rings is 1. The van der Waals surface area contributed by atoms with E-state index in [4.69, 9.17) is 4.98 Å². The predicted molar refractivity (Wildman–Crippen MR) is 94.2 cm³/mol. The highest BCUT2D eigenvalue weighted by atomic mass is 32.1. The second-order valence-corrected chi connectivity index (χ2v) is 7.27. The van der Waals surface area contributed by atoms with Gasteiger partial charge in [-0.1, -0.05) is 12.1 Å². The quantitative estimate of drug-likeness (QED) is 0.433. The Kier molecular flexibility index (Phi) is 3.43. The van der Waals surface area contributed by atoms with Crippen LogP contribution in [-0.4, -0.2) is 4.98 Å². The van der Waals surface area contributed by atoms with Crippen LogP contribution in [0.4, 0.5) is 0 Å². The highest BCUT2D eigenvalue weighted by Crippen LogP contribution is 2.34. The van der Waals surface area contributed by atoms with Crippen molar-refractivity contribution in [2.24, 2.45) is 0 Å². The molecule has 0 radical (unpaired) electrons. The number of aromatic nitrogens is 1. The Labute approximate surface area is 135 Å². The van der Waals surface area contributed by atoms with E-state index in [9.17, 15) is 0 Å². The van der Waals surface area contributed by atoms with Crippen LogP contribution in [0.25, 0.3) is 32.3 Å². The van der Waals surface area contributed by atoms with Gasteiger partial charge in [0.2, 0.25) is 0 Å². The van der Waals surface area contributed by atoms with E-state index in [-0.39, 0.29) is 0 Å². The molecule has 4 aromatic heterocycles. The zero-order valence-electron chi connectivity index (χ0n) is 11.0. The molecule has 4 heterocycles. The van der Waals surface area contributed by atoms with Crippen LogP contribution >= 0.6 is 34.0 Å². The number of hydrogen-bond acceptors (Lipinski definition) is 4. The minimum absolute atomic E-state index is 1.05. The van der Waals surface area contributed by atoms with Gasteiger partial charge in [0.1, 0.15) is 0 Å². The molecule has 0 unspecified atom stereocenters. The summed E-state index contributed by atoms with van der Waals surface area (Å²) in [4.78, 5) is 7.35. The monoisotopic (exact) mass is 325 g/mol. The first-order chi connectivity index (χ1) is 10.4. The molecule has 0 bridgehead atoms. The molecule has 0 atom stereocenters. The third kappa shape index (κ3) is 2.58. The molecule has 0 aliphatic heterocycles. The van der Waals surface area contributed by atoms with E-state index in [1.165, 1.54) is 20.9 Å². The third-order valence-corrected chi connectivity index (χ3v) is 5.72. The Hall–Kier alpha value is -1.75. The lowest BCUT2D eigenvalue weighted by molar-refractivity contribution is 1.34. The predicted octanol–water partition coefficient (Wildman–Crippen LogP) is 6.27. The SMILES string of the molecule is c1csc(-c2cc(-c3ccsc3)nc(-c3cccs3)c2)c1. The number of thiophene rings is 3. The molecule has 1 nitrogen and oxygen atoms in total. The molecule has 0 aliphatic rings. The second kappa shape index (κ2) is 5.56. The lowest BCUT2D eigenvalue weighted by Crippen LogP contribution is -1.87. The Morgan fingerprint density at radius 2 is 1.48 bits per heavy atom. The number of hydrogen-bond donors (Lipinski definition) is 0. The summed E-state index contributed by atoms with van der Waals surface area (Å²) >= 11 is 5.20. The van der Waals surface area contributed by atoms with Crippen LogP contribution < -0.4 is 0 Å². The molecule has 21 heavy (non-hydrogen) atoms. The number of rotatable bonds is 3. The molecule has 4 aromatic rings. The van der Waals surface area contributed by atoms with Gasteiger partial charge in [0.15, 0.2) is 0 Å². The molecule has 4 heteroatoms. The van der Waals surface area contributed by atoms with E-state index < -0.39 is 0 Å². The minimum atomic E-state index is 1.05. The van der Waals surface area contributed by atoms with Gasteiger partial charge in [-0.25, -0.2) is 4.98 Å². The van der Waals surface area contributed by atoms with Crippen molar-refractivity contribution < 1.29 is 0 Å². The fourth-order valence-electron chi connectivity index (χ4n) is 2.22. The van der Waals surface area contributed by atoms with Crippen LogP contribution in [0.15, 0.2) is 64.0 Å². The number of nitrogens with zero attached hydrogens (tertiary/aromatic N) is 1. The molecule has 0 N–H and O–H groups in total. The summed E-state index contributed by atoms with van der Waals surface area (Å²) in [5.74, 6) is 0. The topological polar surface area (TPSA) is 12.9 Å². The van der Waals surface area contributed by atoms with Gasteiger partial charge in [-0.3, -0.25) is 0 Å². The van der Waals surface area contributed by atoms with Crippen molar-refractivity contribution in [2.75, 3.05) is 0 Å². The minimum Gasteiger partial charge on any atom is -0.247 e. The summed E-state index contributed by atoms with van der Waals surface area (Å²) in [6, 6.07) is 15.0. The molecule has 4 rings (SSSR count). The van der Waals surface area contributed by atoms with E-state index in [2.05, 4.69) is 64.0 Å². The van der Waals surface area contributed by atoms with E-state index in [1.54, 1.807) is 34.0 Å². The van der Waals surface area contributed by atoms with Crippen molar-refractivity contribution in [3.8, 4) is 32.3 Å². The van der Waals surface area contributed by atoms with Crippen LogP contribution in [0, 0.1) is 0 Å². The van der Waals surface area contributed by atoms with Crippen LogP contribution in [0.1, 0.15) is 0 Å². The van der Waals surface area contributed by atoms with Crippen LogP contribution in [0.5, 0.6) is 0 Å². The van der Waals surface area contributed by atoms with Gasteiger partial charge in [0, 0.05) is 15.8 Å². The van der Waals surface area contributed by atoms with Gasteiger partial charge >= 0.3 is 0 Å². The third-order valence-electron chi connectivity index (χ3n) is 3.22. The molecular formula is C17H11NS3. The second-order valence-electron chi connectivity index (χ2n) is 4.59. The highest BCUT2D eigenvalue weighted by Gasteiger charge is 2.10. The molecule has 0 aromatic carbocycles. The van der Waals surface area contributed by atoms with Crippen molar-refractivity contribution in [1.82, 2.24) is 4.98 Å². The molecule has 0 saturated heterocycles. The van der Waals surface area contributed by atoms with Crippen molar-refractivity contribution in [3.63, 3.8) is 0 Å². The van der Waals surface area contributed by atoms with Crippen molar-refractivity contribution in [2.45, 2.75) is 0 Å². The average Bonchev–Trinajstić information content (AvgIpc) is 3.29. The summed E-state index contributed by atoms with van der Waals surface area (Å²) in [6.07, 6.45) is 0. The van der Waals surface area contributed by atoms with Crippen LogP contribution in [-0.2, 0) is 0 Å². The smallest absolute Gasteiger partial charge is 0.0815 e. The van der Waals surface area contributed by atoms with Gasteiger partial charge in [-0.05, 0) is 52.0 Å². The first-order valence-corrected chi connectivity index (χ1v) is 9.23. The summed E-state index contributed by atoms with van der Waals surface area (Å²) < 4.78 is 0. The molecule has 0 spiro atoms. The van der Waals surface area contributed by atoms with Crippen LogP contribution in [0.3, 0.4) is 0 Å². The van der Waals surface area contributed by atoms with E-state index in [0.717, 1.165) is 11.4 Å². The van der Waals surface area contributed by atoms with Gasteiger partial charge < -0.3 is 0 Å². The molecular weight excluding hydrogens is 314 g/mol. The normalized spacial score (nSPS) is 10.9. The van der Waals surface area contributed by atoms with Crippen molar-refractivity contribution in [3.05, 3.63) is 64.0 Å². The first kappa shape index (κ1) is 13.0. The van der Waals surface area contributed by atoms with E-state index >= 15 is 0 Å². The molecule has 0 fully saturated rings. The summed E-state index contributed by atoms with van der Waals surface area (Å²) in [5.41, 5.74) is 4.53. The van der Waals surface area contributed by atoms with Crippen molar-refractivity contribution in [1.29, 1.82) is 0 Å². The van der Waals surface area contributed by atoms with E-state index in [0.29, 0.717) is 0 Å².